The maximum atomic E-state index is 13.1. The Hall–Kier alpha value is -3.01. The first kappa shape index (κ1) is 18.4. The minimum absolute atomic E-state index is 0.0959. The van der Waals surface area contributed by atoms with E-state index in [0.29, 0.717) is 23.9 Å². The molecule has 2 aromatic heterocycles. The summed E-state index contributed by atoms with van der Waals surface area (Å²) in [6.45, 7) is 0.735. The van der Waals surface area contributed by atoms with Crippen molar-refractivity contribution in [2.24, 2.45) is 0 Å². The molecule has 28 heavy (non-hydrogen) atoms. The molecule has 0 spiro atoms. The van der Waals surface area contributed by atoms with Crippen molar-refractivity contribution in [1.82, 2.24) is 29.6 Å². The Kier molecular flexibility index (Phi) is 4.50. The highest BCUT2D eigenvalue weighted by Crippen LogP contribution is 2.36. The summed E-state index contributed by atoms with van der Waals surface area (Å²) in [6.07, 6.45) is -0.0141. The van der Waals surface area contributed by atoms with Crippen molar-refractivity contribution in [2.45, 2.75) is 19.3 Å². The summed E-state index contributed by atoms with van der Waals surface area (Å²) in [4.78, 5) is 22.4. The summed E-state index contributed by atoms with van der Waals surface area (Å²) in [5, 5.41) is 7.57. The fourth-order valence-corrected chi connectivity index (χ4v) is 3.34. The third-order valence-electron chi connectivity index (χ3n) is 4.37. The fraction of sp³-hybridized carbons (Fsp3) is 0.235. The minimum Gasteiger partial charge on any atom is -0.329 e. The second-order valence-electron chi connectivity index (χ2n) is 6.07. The molecule has 1 aliphatic rings. The number of amides is 1. The zero-order valence-corrected chi connectivity index (χ0v) is 14.9. The number of carbonyl (C=O) groups excluding carboxylic acids is 1. The number of rotatable bonds is 2. The van der Waals surface area contributed by atoms with Crippen LogP contribution in [0, 0.1) is 0 Å². The number of fused-ring (bicyclic) bond motifs is 1. The number of alkyl halides is 3. The average Bonchev–Trinajstić information content (AvgIpc) is 3.10. The lowest BCUT2D eigenvalue weighted by atomic mass is 10.1. The molecule has 0 aliphatic carbocycles. The van der Waals surface area contributed by atoms with Crippen LogP contribution in [0.2, 0.25) is 5.02 Å². The molecule has 0 radical (unpaired) electrons. The molecule has 1 amide bonds. The van der Waals surface area contributed by atoms with Gasteiger partial charge in [0.2, 0.25) is 0 Å². The van der Waals surface area contributed by atoms with Crippen LogP contribution in [0.3, 0.4) is 0 Å². The van der Waals surface area contributed by atoms with Crippen LogP contribution < -0.4 is 0 Å². The van der Waals surface area contributed by atoms with Crippen molar-refractivity contribution in [3.63, 3.8) is 0 Å². The molecular weight excluding hydrogens is 397 g/mol. The van der Waals surface area contributed by atoms with Crippen molar-refractivity contribution in [3.05, 3.63) is 58.8 Å². The van der Waals surface area contributed by atoms with Crippen molar-refractivity contribution in [2.75, 3.05) is 6.54 Å². The molecule has 144 valence electrons. The highest BCUT2D eigenvalue weighted by Gasteiger charge is 2.36. The monoisotopic (exact) mass is 408 g/mol. The Bertz CT molecular complexity index is 1040. The maximum Gasteiger partial charge on any atom is 0.417 e. The molecule has 0 saturated heterocycles. The van der Waals surface area contributed by atoms with E-state index in [1.165, 1.54) is 29.4 Å². The van der Waals surface area contributed by atoms with Gasteiger partial charge in [0.25, 0.3) is 5.91 Å². The molecule has 7 nitrogen and oxygen atoms in total. The lowest BCUT2D eigenvalue weighted by Gasteiger charge is -2.28. The third-order valence-corrected chi connectivity index (χ3v) is 4.77. The highest BCUT2D eigenvalue weighted by molar-refractivity contribution is 6.34. The molecule has 0 bridgehead atoms. The van der Waals surface area contributed by atoms with E-state index in [1.807, 2.05) is 4.57 Å². The van der Waals surface area contributed by atoms with Crippen LogP contribution in [-0.2, 0) is 19.3 Å². The van der Waals surface area contributed by atoms with Crippen LogP contribution in [0.5, 0.6) is 0 Å². The molecule has 1 aromatic carbocycles. The summed E-state index contributed by atoms with van der Waals surface area (Å²) in [6, 6.07) is 3.30. The van der Waals surface area contributed by atoms with E-state index in [2.05, 4.69) is 20.2 Å². The van der Waals surface area contributed by atoms with Crippen LogP contribution in [0.4, 0.5) is 13.2 Å². The fourth-order valence-electron chi connectivity index (χ4n) is 3.02. The lowest BCUT2D eigenvalue weighted by Crippen LogP contribution is -2.38. The quantitative estimate of drug-likeness (QED) is 0.651. The number of aromatic nitrogens is 5. The van der Waals surface area contributed by atoms with E-state index in [0.717, 1.165) is 6.07 Å². The number of carbonyl (C=O) groups is 1. The molecule has 0 saturated carbocycles. The Morgan fingerprint density at radius 2 is 1.96 bits per heavy atom. The number of hydrogen-bond acceptors (Lipinski definition) is 5. The van der Waals surface area contributed by atoms with Crippen LogP contribution in [0.15, 0.2) is 36.8 Å². The molecule has 0 N–H and O–H groups in total. The predicted molar refractivity (Wildman–Crippen MR) is 92.2 cm³/mol. The Morgan fingerprint density at radius 1 is 1.14 bits per heavy atom. The van der Waals surface area contributed by atoms with E-state index in [1.54, 1.807) is 6.20 Å². The molecule has 4 rings (SSSR count). The van der Waals surface area contributed by atoms with Gasteiger partial charge in [-0.2, -0.15) is 13.2 Å². The van der Waals surface area contributed by atoms with Crippen LogP contribution in [-0.4, -0.2) is 42.1 Å². The molecule has 0 fully saturated rings. The van der Waals surface area contributed by atoms with Crippen molar-refractivity contribution >= 4 is 17.5 Å². The standard InChI is InChI=1S/C17H12ClF3N6O/c18-14-10(2-1-3-11(14)17(19,20)21)16(28)26-6-7-27-13(9-26)24-25-15(27)12-8-22-4-5-23-12/h1-5,8H,6-7,9H2. The summed E-state index contributed by atoms with van der Waals surface area (Å²) in [5.74, 6) is 0.432. The van der Waals surface area contributed by atoms with Crippen LogP contribution >= 0.6 is 11.6 Å². The van der Waals surface area contributed by atoms with Crippen molar-refractivity contribution in [1.29, 1.82) is 0 Å². The minimum atomic E-state index is -4.64. The van der Waals surface area contributed by atoms with E-state index in [9.17, 15) is 18.0 Å². The van der Waals surface area contributed by atoms with Gasteiger partial charge in [0.15, 0.2) is 11.6 Å². The second-order valence-corrected chi connectivity index (χ2v) is 6.45. The van der Waals surface area contributed by atoms with Crippen LogP contribution in [0.25, 0.3) is 11.5 Å². The van der Waals surface area contributed by atoms with Gasteiger partial charge < -0.3 is 9.47 Å². The highest BCUT2D eigenvalue weighted by atomic mass is 35.5. The SMILES string of the molecule is O=C(c1cccc(C(F)(F)F)c1Cl)N1CCn2c(nnc2-c2cnccn2)C1. The van der Waals surface area contributed by atoms with Gasteiger partial charge >= 0.3 is 6.18 Å². The van der Waals surface area contributed by atoms with Crippen molar-refractivity contribution in [3.8, 4) is 11.5 Å². The Labute approximate surface area is 161 Å². The summed E-state index contributed by atoms with van der Waals surface area (Å²) >= 11 is 5.88. The smallest absolute Gasteiger partial charge is 0.329 e. The topological polar surface area (TPSA) is 76.8 Å². The average molecular weight is 409 g/mol. The normalized spacial score (nSPS) is 14.1. The van der Waals surface area contributed by atoms with Gasteiger partial charge in [-0.1, -0.05) is 17.7 Å². The number of halogens is 4. The first-order valence-electron chi connectivity index (χ1n) is 8.19. The van der Waals surface area contributed by atoms with Gasteiger partial charge in [0.05, 0.1) is 28.9 Å². The lowest BCUT2D eigenvalue weighted by molar-refractivity contribution is -0.137. The van der Waals surface area contributed by atoms with Gasteiger partial charge in [-0.15, -0.1) is 10.2 Å². The van der Waals surface area contributed by atoms with Gasteiger partial charge in [0, 0.05) is 25.5 Å². The number of nitrogens with zero attached hydrogens (tertiary/aromatic N) is 6. The summed E-state index contributed by atoms with van der Waals surface area (Å²) in [7, 11) is 0. The molecule has 0 unspecified atom stereocenters. The first-order valence-corrected chi connectivity index (χ1v) is 8.57. The Morgan fingerprint density at radius 3 is 2.68 bits per heavy atom. The molecule has 1 aliphatic heterocycles. The number of benzene rings is 1. The molecule has 0 atom stereocenters. The molecule has 11 heteroatoms. The molecule has 3 aromatic rings. The maximum absolute atomic E-state index is 13.1. The predicted octanol–water partition coefficient (Wildman–Crippen LogP) is 3.06. The van der Waals surface area contributed by atoms with Gasteiger partial charge in [-0.3, -0.25) is 9.78 Å². The summed E-state index contributed by atoms with van der Waals surface area (Å²) in [5.41, 5.74) is -0.689. The largest absolute Gasteiger partial charge is 0.417 e. The van der Waals surface area contributed by atoms with Gasteiger partial charge in [-0.05, 0) is 12.1 Å². The first-order chi connectivity index (χ1) is 13.4. The van der Waals surface area contributed by atoms with E-state index < -0.39 is 22.7 Å². The number of hydrogen-bond donors (Lipinski definition) is 0. The van der Waals surface area contributed by atoms with E-state index >= 15 is 0 Å². The molecular formula is C17H12ClF3N6O. The zero-order chi connectivity index (χ0) is 19.9. The van der Waals surface area contributed by atoms with E-state index in [-0.39, 0.29) is 18.7 Å². The van der Waals surface area contributed by atoms with Gasteiger partial charge in [0.1, 0.15) is 5.69 Å². The van der Waals surface area contributed by atoms with Gasteiger partial charge in [-0.25, -0.2) is 4.98 Å². The third kappa shape index (κ3) is 3.19. The Balaban J connectivity index is 1.61. The summed E-state index contributed by atoms with van der Waals surface area (Å²) < 4.78 is 41.0. The van der Waals surface area contributed by atoms with Crippen molar-refractivity contribution < 1.29 is 18.0 Å². The van der Waals surface area contributed by atoms with E-state index in [4.69, 9.17) is 11.6 Å². The zero-order valence-electron chi connectivity index (χ0n) is 14.2. The molecule has 3 heterocycles. The second kappa shape index (κ2) is 6.86. The van der Waals surface area contributed by atoms with Crippen LogP contribution in [0.1, 0.15) is 21.7 Å².